The molecule has 0 saturated carbocycles. The fourth-order valence-corrected chi connectivity index (χ4v) is 3.82. The molecule has 100 valence electrons. The first-order valence-electron chi connectivity index (χ1n) is 6.04. The van der Waals surface area contributed by atoms with Crippen LogP contribution in [0.3, 0.4) is 0 Å². The molecule has 6 heteroatoms. The summed E-state index contributed by atoms with van der Waals surface area (Å²) in [6, 6.07) is 2.25. The third-order valence-corrected chi connectivity index (χ3v) is 5.08. The lowest BCUT2D eigenvalue weighted by Gasteiger charge is -2.28. The number of rotatable bonds is 3. The Bertz CT molecular complexity index is 423. The number of nitrogens with two attached hydrogens (primary N) is 1. The van der Waals surface area contributed by atoms with E-state index in [4.69, 9.17) is 5.73 Å². The lowest BCUT2D eigenvalue weighted by Crippen LogP contribution is -2.39. The van der Waals surface area contributed by atoms with Crippen LogP contribution in [0.4, 0.5) is 0 Å². The minimum absolute atomic E-state index is 0.150. The van der Waals surface area contributed by atoms with E-state index >= 15 is 0 Å². The summed E-state index contributed by atoms with van der Waals surface area (Å²) >= 11 is 5.16. The van der Waals surface area contributed by atoms with Gasteiger partial charge in [0.2, 0.25) is 5.91 Å². The Labute approximate surface area is 120 Å². The molecule has 4 nitrogen and oxygen atoms in total. The van der Waals surface area contributed by atoms with Gasteiger partial charge in [0.05, 0.1) is 12.6 Å². The van der Waals surface area contributed by atoms with Gasteiger partial charge in [-0.05, 0) is 28.4 Å². The third-order valence-electron chi connectivity index (χ3n) is 3.28. The Morgan fingerprint density at radius 3 is 2.94 bits per heavy atom. The van der Waals surface area contributed by atoms with E-state index in [-0.39, 0.29) is 11.9 Å². The lowest BCUT2D eigenvalue weighted by atomic mass is 10.2. The summed E-state index contributed by atoms with van der Waals surface area (Å²) < 4.78 is 1.08. The van der Waals surface area contributed by atoms with E-state index in [0.717, 1.165) is 24.0 Å². The summed E-state index contributed by atoms with van der Waals surface area (Å²) in [6.45, 7) is 2.77. The van der Waals surface area contributed by atoms with Crippen LogP contribution in [0.1, 0.15) is 17.3 Å². The number of hydrogen-bond donors (Lipinski definition) is 1. The monoisotopic (exact) mass is 331 g/mol. The van der Waals surface area contributed by atoms with Crippen molar-refractivity contribution < 1.29 is 4.79 Å². The van der Waals surface area contributed by atoms with Gasteiger partial charge in [-0.2, -0.15) is 0 Å². The smallest absolute Gasteiger partial charge is 0.236 e. The second-order valence-corrected chi connectivity index (χ2v) is 6.42. The van der Waals surface area contributed by atoms with E-state index in [2.05, 4.69) is 32.3 Å². The van der Waals surface area contributed by atoms with Crippen LogP contribution >= 0.6 is 27.3 Å². The average Bonchev–Trinajstić information content (AvgIpc) is 2.68. The van der Waals surface area contributed by atoms with Crippen LogP contribution in [-0.2, 0) is 4.79 Å². The van der Waals surface area contributed by atoms with E-state index in [1.165, 1.54) is 4.88 Å². The van der Waals surface area contributed by atoms with E-state index in [9.17, 15) is 4.79 Å². The van der Waals surface area contributed by atoms with Gasteiger partial charge < -0.3 is 10.6 Å². The quantitative estimate of drug-likeness (QED) is 0.916. The molecule has 0 bridgehead atoms. The molecule has 1 aromatic heterocycles. The van der Waals surface area contributed by atoms with Gasteiger partial charge in [0.25, 0.3) is 0 Å². The molecule has 1 aliphatic rings. The average molecular weight is 332 g/mol. The van der Waals surface area contributed by atoms with Crippen molar-refractivity contribution >= 4 is 33.2 Å². The second-order valence-electron chi connectivity index (χ2n) is 4.56. The first kappa shape index (κ1) is 14.0. The van der Waals surface area contributed by atoms with E-state index in [1.807, 2.05) is 7.05 Å². The Hall–Kier alpha value is -0.430. The van der Waals surface area contributed by atoms with Crippen LogP contribution in [0.15, 0.2) is 15.9 Å². The number of carbonyl (C=O) groups excluding carboxylic acids is 1. The number of nitrogens with zero attached hydrogens (tertiary/aromatic N) is 2. The van der Waals surface area contributed by atoms with Gasteiger partial charge in [-0.15, -0.1) is 11.3 Å². The Balaban J connectivity index is 2.14. The van der Waals surface area contributed by atoms with Gasteiger partial charge in [0.15, 0.2) is 0 Å². The molecule has 2 rings (SSSR count). The van der Waals surface area contributed by atoms with Crippen LogP contribution < -0.4 is 5.73 Å². The largest absolute Gasteiger partial charge is 0.345 e. The molecule has 1 atom stereocenters. The van der Waals surface area contributed by atoms with Crippen molar-refractivity contribution in [3.8, 4) is 0 Å². The normalized spacial score (nSPS) is 19.9. The first-order valence-corrected chi connectivity index (χ1v) is 7.71. The molecule has 1 saturated heterocycles. The van der Waals surface area contributed by atoms with Crippen LogP contribution in [0.25, 0.3) is 0 Å². The van der Waals surface area contributed by atoms with E-state index in [1.54, 1.807) is 16.2 Å². The summed E-state index contributed by atoms with van der Waals surface area (Å²) in [6.07, 6.45) is 1.01. The molecule has 0 spiro atoms. The molecule has 2 N–H and O–H groups in total. The molecule has 0 radical (unpaired) electrons. The maximum absolute atomic E-state index is 11.9. The van der Waals surface area contributed by atoms with Gasteiger partial charge in [-0.1, -0.05) is 0 Å². The molecule has 18 heavy (non-hydrogen) atoms. The summed E-state index contributed by atoms with van der Waals surface area (Å²) in [7, 11) is 1.87. The Kier molecular flexibility index (Phi) is 4.77. The zero-order chi connectivity index (χ0) is 13.1. The van der Waals surface area contributed by atoms with Gasteiger partial charge >= 0.3 is 0 Å². The van der Waals surface area contributed by atoms with Crippen LogP contribution in [0.2, 0.25) is 0 Å². The van der Waals surface area contributed by atoms with Gasteiger partial charge in [0.1, 0.15) is 0 Å². The fourth-order valence-electron chi connectivity index (χ4n) is 2.22. The van der Waals surface area contributed by atoms with Crippen molar-refractivity contribution in [3.63, 3.8) is 0 Å². The number of amides is 1. The van der Waals surface area contributed by atoms with Crippen molar-refractivity contribution in [2.45, 2.75) is 12.5 Å². The second kappa shape index (κ2) is 6.14. The maximum Gasteiger partial charge on any atom is 0.236 e. The van der Waals surface area contributed by atoms with E-state index in [0.29, 0.717) is 13.1 Å². The number of carbonyl (C=O) groups is 1. The zero-order valence-corrected chi connectivity index (χ0v) is 12.8. The molecule has 1 unspecified atom stereocenters. The highest BCUT2D eigenvalue weighted by Crippen LogP contribution is 2.29. The summed E-state index contributed by atoms with van der Waals surface area (Å²) in [5.41, 5.74) is 5.90. The molecule has 1 fully saturated rings. The summed E-state index contributed by atoms with van der Waals surface area (Å²) in [4.78, 5) is 17.1. The maximum atomic E-state index is 11.9. The highest BCUT2D eigenvalue weighted by atomic mass is 79.9. The van der Waals surface area contributed by atoms with Crippen molar-refractivity contribution in [1.29, 1.82) is 0 Å². The van der Waals surface area contributed by atoms with Crippen LogP contribution in [0, 0.1) is 0 Å². The minimum atomic E-state index is 0.150. The van der Waals surface area contributed by atoms with E-state index < -0.39 is 0 Å². The molecule has 0 aromatic carbocycles. The zero-order valence-electron chi connectivity index (χ0n) is 10.4. The van der Waals surface area contributed by atoms with Gasteiger partial charge in [-0.25, -0.2) is 0 Å². The summed E-state index contributed by atoms with van der Waals surface area (Å²) in [5, 5.41) is 2.06. The molecule has 0 aliphatic carbocycles. The highest BCUT2D eigenvalue weighted by molar-refractivity contribution is 9.10. The molecule has 1 aromatic rings. The standard InChI is InChI=1S/C12H18BrN3OS/c1-15-3-2-4-16(7-12(15)17)10(6-14)11-5-9(13)8-18-11/h5,8,10H,2-4,6-7,14H2,1H3. The van der Waals surface area contributed by atoms with Crippen LogP contribution in [-0.4, -0.2) is 48.9 Å². The van der Waals surface area contributed by atoms with Gasteiger partial charge in [-0.3, -0.25) is 9.69 Å². The molecule has 2 heterocycles. The number of thiophene rings is 1. The van der Waals surface area contributed by atoms with Crippen LogP contribution in [0.5, 0.6) is 0 Å². The molecular formula is C12H18BrN3OS. The third kappa shape index (κ3) is 3.12. The lowest BCUT2D eigenvalue weighted by molar-refractivity contribution is -0.130. The van der Waals surface area contributed by atoms with Crippen molar-refractivity contribution in [1.82, 2.24) is 9.80 Å². The van der Waals surface area contributed by atoms with Crippen molar-refractivity contribution in [3.05, 3.63) is 20.8 Å². The van der Waals surface area contributed by atoms with Gasteiger partial charge in [0, 0.05) is 41.4 Å². The highest BCUT2D eigenvalue weighted by Gasteiger charge is 2.26. The first-order chi connectivity index (χ1) is 8.61. The van der Waals surface area contributed by atoms with Crippen molar-refractivity contribution in [2.24, 2.45) is 5.73 Å². The predicted molar refractivity (Wildman–Crippen MR) is 77.6 cm³/mol. The topological polar surface area (TPSA) is 49.6 Å². The summed E-state index contributed by atoms with van der Waals surface area (Å²) in [5.74, 6) is 0.182. The SMILES string of the molecule is CN1CCCN(C(CN)c2cc(Br)cs2)CC1=O. The molecule has 1 aliphatic heterocycles. The molecule has 1 amide bonds. The van der Waals surface area contributed by atoms with Crippen molar-refractivity contribution in [2.75, 3.05) is 33.2 Å². The number of likely N-dealkylation sites (N-methyl/N-ethyl adjacent to an activating group) is 1. The Morgan fingerprint density at radius 2 is 2.33 bits per heavy atom. The molecular weight excluding hydrogens is 314 g/mol. The number of hydrogen-bond acceptors (Lipinski definition) is 4. The Morgan fingerprint density at radius 1 is 1.56 bits per heavy atom. The number of halogens is 1. The minimum Gasteiger partial charge on any atom is -0.345 e. The fraction of sp³-hybridized carbons (Fsp3) is 0.583. The predicted octanol–water partition coefficient (Wildman–Crippen LogP) is 1.67.